The maximum Gasteiger partial charge on any atom is 0.270 e. The number of carbonyl (C=O) groups excluding carboxylic acids is 2. The third-order valence-corrected chi connectivity index (χ3v) is 6.27. The Hall–Kier alpha value is -3.85. The molecule has 9 heteroatoms. The van der Waals surface area contributed by atoms with Gasteiger partial charge in [-0.3, -0.25) is 19.5 Å². The summed E-state index contributed by atoms with van der Waals surface area (Å²) in [6, 6.07) is 10.4. The van der Waals surface area contributed by atoms with Crippen LogP contribution in [-0.4, -0.2) is 46.6 Å². The predicted molar refractivity (Wildman–Crippen MR) is 121 cm³/mol. The molecule has 5 rings (SSSR count). The smallest absolute Gasteiger partial charge is 0.270 e. The average molecular weight is 462 g/mol. The van der Waals surface area contributed by atoms with E-state index < -0.39 is 17.8 Å². The molecular formula is C25H23FN4O4. The van der Waals surface area contributed by atoms with E-state index in [4.69, 9.17) is 9.84 Å². The lowest BCUT2D eigenvalue weighted by Gasteiger charge is -2.22. The number of rotatable bonds is 6. The minimum atomic E-state index is -0.698. The van der Waals surface area contributed by atoms with E-state index in [0.717, 1.165) is 17.5 Å². The van der Waals surface area contributed by atoms with Crippen molar-refractivity contribution < 1.29 is 23.8 Å². The highest BCUT2D eigenvalue weighted by Crippen LogP contribution is 2.53. The number of benzene rings is 1. The van der Waals surface area contributed by atoms with Gasteiger partial charge in [-0.15, -0.1) is 0 Å². The van der Waals surface area contributed by atoms with Crippen LogP contribution in [-0.2, 0) is 11.2 Å². The summed E-state index contributed by atoms with van der Waals surface area (Å²) in [5, 5.41) is 11.9. The normalized spacial score (nSPS) is 20.7. The summed E-state index contributed by atoms with van der Waals surface area (Å²) in [7, 11) is 1.66. The summed E-state index contributed by atoms with van der Waals surface area (Å²) in [6.07, 6.45) is 4.20. The third kappa shape index (κ3) is 4.10. The van der Waals surface area contributed by atoms with Gasteiger partial charge in [0.2, 0.25) is 0 Å². The quantitative estimate of drug-likeness (QED) is 0.584. The van der Waals surface area contributed by atoms with Crippen LogP contribution in [0, 0.1) is 11.7 Å². The second-order valence-corrected chi connectivity index (χ2v) is 8.49. The van der Waals surface area contributed by atoms with Gasteiger partial charge < -0.3 is 15.2 Å². The fourth-order valence-electron chi connectivity index (χ4n) is 4.44. The van der Waals surface area contributed by atoms with E-state index in [1.807, 2.05) is 12.1 Å². The molecule has 1 aliphatic carbocycles. The molecule has 1 aliphatic heterocycles. The first-order valence-electron chi connectivity index (χ1n) is 11.0. The Morgan fingerprint density at radius 3 is 2.91 bits per heavy atom. The molecule has 2 amide bonds. The van der Waals surface area contributed by atoms with Crippen molar-refractivity contribution in [3.63, 3.8) is 0 Å². The number of aliphatic hydroxyl groups excluding tert-OH is 1. The van der Waals surface area contributed by atoms with Crippen molar-refractivity contribution in [2.45, 2.75) is 24.8 Å². The van der Waals surface area contributed by atoms with Gasteiger partial charge in [-0.2, -0.15) is 0 Å². The number of nitrogens with one attached hydrogen (secondary N) is 1. The van der Waals surface area contributed by atoms with Crippen LogP contribution in [0.2, 0.25) is 0 Å². The van der Waals surface area contributed by atoms with Gasteiger partial charge in [0.05, 0.1) is 0 Å². The Labute approximate surface area is 195 Å². The Bertz CT molecular complexity index is 1270. The van der Waals surface area contributed by atoms with E-state index in [1.165, 1.54) is 35.4 Å². The zero-order valence-corrected chi connectivity index (χ0v) is 18.4. The summed E-state index contributed by atoms with van der Waals surface area (Å²) in [6.45, 7) is -0.0667. The minimum Gasteiger partial charge on any atom is -0.454 e. The maximum absolute atomic E-state index is 14.2. The van der Waals surface area contributed by atoms with Crippen LogP contribution < -0.4 is 15.0 Å². The Morgan fingerprint density at radius 2 is 2.09 bits per heavy atom. The lowest BCUT2D eigenvalue weighted by atomic mass is 10.1. The number of likely N-dealkylation sites (N-methyl/N-ethyl adjacent to an activating group) is 1. The van der Waals surface area contributed by atoms with Crippen molar-refractivity contribution in [1.82, 2.24) is 15.3 Å². The van der Waals surface area contributed by atoms with Crippen LogP contribution in [0.3, 0.4) is 0 Å². The topological polar surface area (TPSA) is 105 Å². The van der Waals surface area contributed by atoms with Gasteiger partial charge in [0, 0.05) is 32.1 Å². The number of amides is 2. The number of nitrogens with zero attached hydrogens (tertiary/aromatic N) is 3. The molecule has 34 heavy (non-hydrogen) atoms. The SMILES string of the molecule is CN1C(=O)[C@@H](NC(=O)c2cc(Oc3cc(CCO)ccc3F)ccn2)C2CC2c2cccnc21. The Kier molecular flexibility index (Phi) is 5.70. The fraction of sp³-hybridized carbons (Fsp3) is 0.280. The molecule has 3 heterocycles. The van der Waals surface area contributed by atoms with E-state index in [9.17, 15) is 14.0 Å². The second-order valence-electron chi connectivity index (χ2n) is 8.49. The van der Waals surface area contributed by atoms with E-state index in [0.29, 0.717) is 12.2 Å². The molecule has 2 aromatic heterocycles. The third-order valence-electron chi connectivity index (χ3n) is 6.27. The van der Waals surface area contributed by atoms with Crippen molar-refractivity contribution in [2.24, 2.45) is 5.92 Å². The predicted octanol–water partition coefficient (Wildman–Crippen LogP) is 2.82. The molecule has 1 saturated carbocycles. The molecule has 2 N–H and O–H groups in total. The number of anilines is 1. The number of hydrogen-bond donors (Lipinski definition) is 2. The van der Waals surface area contributed by atoms with Crippen molar-refractivity contribution in [3.8, 4) is 11.5 Å². The zero-order valence-electron chi connectivity index (χ0n) is 18.4. The molecule has 2 unspecified atom stereocenters. The molecule has 1 fully saturated rings. The summed E-state index contributed by atoms with van der Waals surface area (Å²) < 4.78 is 19.9. The number of pyridine rings is 2. The van der Waals surface area contributed by atoms with Crippen molar-refractivity contribution in [3.05, 3.63) is 77.5 Å². The van der Waals surface area contributed by atoms with Crippen LogP contribution in [0.4, 0.5) is 10.2 Å². The molecule has 1 aromatic carbocycles. The Morgan fingerprint density at radius 1 is 1.24 bits per heavy atom. The van der Waals surface area contributed by atoms with Crippen LogP contribution in [0.5, 0.6) is 11.5 Å². The summed E-state index contributed by atoms with van der Waals surface area (Å²) in [5.74, 6) is -0.322. The number of halogens is 1. The fourth-order valence-corrected chi connectivity index (χ4v) is 4.44. The molecular weight excluding hydrogens is 439 g/mol. The van der Waals surface area contributed by atoms with E-state index in [1.54, 1.807) is 19.3 Å². The number of aromatic nitrogens is 2. The van der Waals surface area contributed by atoms with Crippen LogP contribution in [0.1, 0.15) is 34.0 Å². The van der Waals surface area contributed by atoms with Crippen LogP contribution >= 0.6 is 0 Å². The zero-order chi connectivity index (χ0) is 23.8. The number of aliphatic hydroxyl groups is 1. The van der Waals surface area contributed by atoms with Gasteiger partial charge in [-0.1, -0.05) is 12.1 Å². The van der Waals surface area contributed by atoms with Gasteiger partial charge >= 0.3 is 0 Å². The van der Waals surface area contributed by atoms with Crippen LogP contribution in [0.15, 0.2) is 54.9 Å². The lowest BCUT2D eigenvalue weighted by molar-refractivity contribution is -0.120. The van der Waals surface area contributed by atoms with Gasteiger partial charge in [-0.05, 0) is 60.1 Å². The second kappa shape index (κ2) is 8.83. The standard InChI is InChI=1S/C25H23FN4O4/c1-30-23-16(3-2-8-28-23)17-13-18(17)22(25(30)33)29-24(32)20-12-15(6-9-27-20)34-21-11-14(7-10-31)4-5-19(21)26/h2-6,8-9,11-12,17-18,22,31H,7,10,13H2,1H3,(H,29,32)/t17?,18?,22-/m0/s1. The summed E-state index contributed by atoms with van der Waals surface area (Å²) >= 11 is 0. The summed E-state index contributed by atoms with van der Waals surface area (Å²) in [5.41, 5.74) is 1.78. The van der Waals surface area contributed by atoms with Gasteiger partial charge in [-0.25, -0.2) is 9.37 Å². The molecule has 0 radical (unpaired) electrons. The number of fused-ring (bicyclic) bond motifs is 3. The number of hydrogen-bond acceptors (Lipinski definition) is 6. The van der Waals surface area contributed by atoms with Gasteiger partial charge in [0.1, 0.15) is 23.3 Å². The van der Waals surface area contributed by atoms with E-state index >= 15 is 0 Å². The minimum absolute atomic E-state index is 0.00727. The number of ether oxygens (including phenoxy) is 1. The van der Waals surface area contributed by atoms with Crippen LogP contribution in [0.25, 0.3) is 0 Å². The molecule has 3 aromatic rings. The molecule has 8 nitrogen and oxygen atoms in total. The molecule has 3 atom stereocenters. The number of carbonyl (C=O) groups is 2. The molecule has 0 saturated heterocycles. The first-order chi connectivity index (χ1) is 16.5. The maximum atomic E-state index is 14.2. The highest BCUT2D eigenvalue weighted by atomic mass is 19.1. The largest absolute Gasteiger partial charge is 0.454 e. The Balaban J connectivity index is 1.33. The highest BCUT2D eigenvalue weighted by molar-refractivity contribution is 6.02. The molecule has 0 spiro atoms. The van der Waals surface area contributed by atoms with E-state index in [2.05, 4.69) is 15.3 Å². The molecule has 2 aliphatic rings. The molecule has 174 valence electrons. The lowest BCUT2D eigenvalue weighted by Crippen LogP contribution is -2.48. The first kappa shape index (κ1) is 22.0. The van der Waals surface area contributed by atoms with E-state index in [-0.39, 0.29) is 41.5 Å². The first-order valence-corrected chi connectivity index (χ1v) is 11.0. The molecule has 0 bridgehead atoms. The van der Waals surface area contributed by atoms with Crippen molar-refractivity contribution in [1.29, 1.82) is 0 Å². The highest BCUT2D eigenvalue weighted by Gasteiger charge is 2.52. The monoisotopic (exact) mass is 462 g/mol. The average Bonchev–Trinajstić information content (AvgIpc) is 3.65. The van der Waals surface area contributed by atoms with Crippen molar-refractivity contribution >= 4 is 17.6 Å². The van der Waals surface area contributed by atoms with Crippen molar-refractivity contribution in [2.75, 3.05) is 18.6 Å². The van der Waals surface area contributed by atoms with Gasteiger partial charge in [0.15, 0.2) is 11.6 Å². The van der Waals surface area contributed by atoms with Gasteiger partial charge in [0.25, 0.3) is 11.8 Å². The summed E-state index contributed by atoms with van der Waals surface area (Å²) in [4.78, 5) is 36.1.